The van der Waals surface area contributed by atoms with Gasteiger partial charge in [-0.25, -0.2) is 9.69 Å². The van der Waals surface area contributed by atoms with Crippen LogP contribution in [-0.4, -0.2) is 53.4 Å². The summed E-state index contributed by atoms with van der Waals surface area (Å²) in [6, 6.07) is 12.8. The highest BCUT2D eigenvalue weighted by molar-refractivity contribution is 7.79. The Hall–Kier alpha value is -2.30. The minimum Gasteiger partial charge on any atom is -0.771 e. The molecule has 162 valence electrons. The van der Waals surface area contributed by atoms with Crippen LogP contribution in [0.25, 0.3) is 0 Å². The monoisotopic (exact) mass is 433 g/mol. The lowest BCUT2D eigenvalue weighted by molar-refractivity contribution is -0.139. The maximum atomic E-state index is 12.0. The fraction of sp³-hybridized carbons (Fsp3) is 0.381. The number of hydrogen-bond acceptors (Lipinski definition) is 7. The van der Waals surface area contributed by atoms with E-state index in [0.717, 1.165) is 12.0 Å². The maximum absolute atomic E-state index is 12.0. The van der Waals surface area contributed by atoms with E-state index in [1.165, 1.54) is 9.80 Å². The van der Waals surface area contributed by atoms with E-state index in [9.17, 15) is 28.9 Å². The summed E-state index contributed by atoms with van der Waals surface area (Å²) < 4.78 is 22.8. The van der Waals surface area contributed by atoms with E-state index in [1.54, 1.807) is 36.4 Å². The lowest BCUT2D eigenvalue weighted by Crippen LogP contribution is -2.45. The normalized spacial score (nSPS) is 20.5. The van der Waals surface area contributed by atoms with Crippen LogP contribution in [0.1, 0.15) is 42.5 Å². The van der Waals surface area contributed by atoms with Gasteiger partial charge in [0.1, 0.15) is 18.5 Å². The van der Waals surface area contributed by atoms with Crippen LogP contribution in [0.3, 0.4) is 0 Å². The summed E-state index contributed by atoms with van der Waals surface area (Å²) in [6.07, 6.45) is -1.31. The van der Waals surface area contributed by atoms with Gasteiger partial charge in [0.25, 0.3) is 0 Å². The zero-order valence-corrected chi connectivity index (χ0v) is 17.4. The number of rotatable bonds is 9. The van der Waals surface area contributed by atoms with Gasteiger partial charge in [0.15, 0.2) is 0 Å². The molecule has 2 aromatic rings. The number of nitrogens with zero attached hydrogens (tertiary/aromatic N) is 2. The second-order valence-corrected chi connectivity index (χ2v) is 8.05. The van der Waals surface area contributed by atoms with Crippen molar-refractivity contribution < 1.29 is 28.9 Å². The van der Waals surface area contributed by atoms with Crippen molar-refractivity contribution in [1.29, 1.82) is 0 Å². The smallest absolute Gasteiger partial charge is 0.326 e. The predicted molar refractivity (Wildman–Crippen MR) is 111 cm³/mol. The number of aryl methyl sites for hydroxylation is 1. The summed E-state index contributed by atoms with van der Waals surface area (Å²) in [7, 11) is 0. The van der Waals surface area contributed by atoms with E-state index in [4.69, 9.17) is 0 Å². The standard InChI is InChI=1S/C21H26N2O6S/c1-2-14-7-9-15(10-8-14)23(13-30(28)29)18(21(26)27)11-12-22-19(24)16-5-3-4-6-17(16)20(22)25/h3-10,18-20,24-25H,2,11-13H2,1H3,(H,26,27)(H,28,29)/p-1. The largest absolute Gasteiger partial charge is 0.771 e. The van der Waals surface area contributed by atoms with Gasteiger partial charge in [-0.15, -0.1) is 0 Å². The molecule has 1 aliphatic rings. The molecule has 0 bridgehead atoms. The Kier molecular flexibility index (Phi) is 7.22. The second-order valence-electron chi connectivity index (χ2n) is 7.18. The van der Waals surface area contributed by atoms with Crippen LogP contribution >= 0.6 is 0 Å². The highest BCUT2D eigenvalue weighted by Gasteiger charge is 2.37. The Bertz CT molecular complexity index is 878. The first-order valence-electron chi connectivity index (χ1n) is 9.68. The number of fused-ring (bicyclic) bond motifs is 1. The Morgan fingerprint density at radius 2 is 1.70 bits per heavy atom. The molecular formula is C21H25N2O6S-. The van der Waals surface area contributed by atoms with E-state index in [1.807, 2.05) is 19.1 Å². The topological polar surface area (TPSA) is 124 Å². The molecule has 3 rings (SSSR count). The number of hydrogen-bond donors (Lipinski definition) is 3. The van der Waals surface area contributed by atoms with Crippen molar-refractivity contribution in [2.24, 2.45) is 0 Å². The van der Waals surface area contributed by atoms with Crippen LogP contribution in [-0.2, 0) is 22.3 Å². The first-order valence-corrected chi connectivity index (χ1v) is 10.9. The third-order valence-electron chi connectivity index (χ3n) is 5.42. The van der Waals surface area contributed by atoms with Crippen molar-refractivity contribution in [2.75, 3.05) is 17.3 Å². The second kappa shape index (κ2) is 9.67. The summed E-state index contributed by atoms with van der Waals surface area (Å²) in [5, 5.41) is 30.9. The van der Waals surface area contributed by atoms with Gasteiger partial charge < -0.3 is 24.8 Å². The molecule has 0 radical (unpaired) electrons. The first kappa shape index (κ1) is 22.4. The van der Waals surface area contributed by atoms with E-state index in [0.29, 0.717) is 16.8 Å². The van der Waals surface area contributed by atoms with E-state index < -0.39 is 41.4 Å². The van der Waals surface area contributed by atoms with Gasteiger partial charge in [-0.2, -0.15) is 0 Å². The Balaban J connectivity index is 1.80. The molecule has 3 N–H and O–H groups in total. The van der Waals surface area contributed by atoms with Crippen LogP contribution in [0.5, 0.6) is 0 Å². The first-order chi connectivity index (χ1) is 14.3. The fourth-order valence-corrected chi connectivity index (χ4v) is 4.34. The van der Waals surface area contributed by atoms with E-state index in [-0.39, 0.29) is 13.0 Å². The van der Waals surface area contributed by atoms with Gasteiger partial charge in [-0.05, 0) is 41.6 Å². The quantitative estimate of drug-likeness (QED) is 0.511. The predicted octanol–water partition coefficient (Wildman–Crippen LogP) is 1.73. The molecule has 9 heteroatoms. The number of aliphatic hydroxyl groups excluding tert-OH is 2. The van der Waals surface area contributed by atoms with Gasteiger partial charge in [0.05, 0.1) is 5.88 Å². The zero-order chi connectivity index (χ0) is 21.8. The minimum absolute atomic E-state index is 0.00414. The van der Waals surface area contributed by atoms with Crippen LogP contribution < -0.4 is 4.90 Å². The number of anilines is 1. The zero-order valence-electron chi connectivity index (χ0n) is 16.5. The lowest BCUT2D eigenvalue weighted by atomic mass is 10.1. The van der Waals surface area contributed by atoms with Crippen molar-refractivity contribution in [3.05, 3.63) is 65.2 Å². The summed E-state index contributed by atoms with van der Waals surface area (Å²) in [4.78, 5) is 14.7. The molecule has 8 nitrogen and oxygen atoms in total. The molecule has 0 amide bonds. The van der Waals surface area contributed by atoms with Crippen molar-refractivity contribution >= 4 is 22.7 Å². The van der Waals surface area contributed by atoms with Crippen LogP contribution in [0, 0.1) is 0 Å². The van der Waals surface area contributed by atoms with Gasteiger partial charge in [-0.1, -0.05) is 43.3 Å². The molecule has 30 heavy (non-hydrogen) atoms. The number of carbonyl (C=O) groups is 1. The molecule has 0 aliphatic carbocycles. The van der Waals surface area contributed by atoms with Gasteiger partial charge in [0, 0.05) is 23.4 Å². The number of carboxylic acid groups (broad SMARTS) is 1. The average molecular weight is 434 g/mol. The summed E-state index contributed by atoms with van der Waals surface area (Å²) in [6.45, 7) is 2.05. The van der Waals surface area contributed by atoms with Crippen LogP contribution in [0.4, 0.5) is 5.69 Å². The van der Waals surface area contributed by atoms with Gasteiger partial charge >= 0.3 is 5.97 Å². The molecule has 4 atom stereocenters. The highest BCUT2D eigenvalue weighted by Crippen LogP contribution is 2.39. The molecule has 2 aromatic carbocycles. The third-order valence-corrected chi connectivity index (χ3v) is 5.91. The lowest BCUT2D eigenvalue weighted by Gasteiger charge is -2.33. The Morgan fingerprint density at radius 3 is 2.17 bits per heavy atom. The number of benzene rings is 2. The maximum Gasteiger partial charge on any atom is 0.326 e. The van der Waals surface area contributed by atoms with Crippen LogP contribution in [0.15, 0.2) is 48.5 Å². The number of aliphatic hydroxyl groups is 2. The molecule has 0 fully saturated rings. The van der Waals surface area contributed by atoms with Gasteiger partial charge in [-0.3, -0.25) is 4.21 Å². The third kappa shape index (κ3) is 4.71. The van der Waals surface area contributed by atoms with Crippen molar-refractivity contribution in [3.8, 4) is 0 Å². The fourth-order valence-electron chi connectivity index (χ4n) is 3.78. The van der Waals surface area contributed by atoms with Crippen LogP contribution in [0.2, 0.25) is 0 Å². The SMILES string of the molecule is CCc1ccc(N(CS(=O)[O-])C(CCN2C(O)c3ccccc3C2O)C(=O)O)cc1. The number of aliphatic carboxylic acids is 1. The van der Waals surface area contributed by atoms with Gasteiger partial charge in [0.2, 0.25) is 0 Å². The molecule has 0 spiro atoms. The Morgan fingerprint density at radius 1 is 1.13 bits per heavy atom. The number of carboxylic acids is 1. The highest BCUT2D eigenvalue weighted by atomic mass is 32.2. The Labute approximate surface area is 177 Å². The average Bonchev–Trinajstić information content (AvgIpc) is 2.97. The van der Waals surface area contributed by atoms with E-state index >= 15 is 0 Å². The molecule has 0 saturated carbocycles. The molecule has 4 unspecified atom stereocenters. The molecule has 1 heterocycles. The summed E-state index contributed by atoms with van der Waals surface area (Å²) in [5.41, 5.74) is 2.68. The van der Waals surface area contributed by atoms with Crippen molar-refractivity contribution in [2.45, 2.75) is 38.3 Å². The minimum atomic E-state index is -2.49. The molecule has 1 aliphatic heterocycles. The summed E-state index contributed by atoms with van der Waals surface area (Å²) in [5.74, 6) is -1.66. The van der Waals surface area contributed by atoms with Crippen molar-refractivity contribution in [1.82, 2.24) is 4.90 Å². The molecule has 0 aromatic heterocycles. The molecular weight excluding hydrogens is 408 g/mol. The van der Waals surface area contributed by atoms with E-state index in [2.05, 4.69) is 0 Å². The molecule has 0 saturated heterocycles. The summed E-state index contributed by atoms with van der Waals surface area (Å²) >= 11 is -2.49. The van der Waals surface area contributed by atoms with Crippen molar-refractivity contribution in [3.63, 3.8) is 0 Å².